The molecule has 1 atom stereocenters. The summed E-state index contributed by atoms with van der Waals surface area (Å²) >= 11 is 7.52. The van der Waals surface area contributed by atoms with Gasteiger partial charge in [-0.15, -0.1) is 0 Å². The van der Waals surface area contributed by atoms with E-state index in [0.29, 0.717) is 10.8 Å². The maximum absolute atomic E-state index is 6.16. The third-order valence-electron chi connectivity index (χ3n) is 2.48. The number of rotatable bonds is 2. The third-order valence-corrected chi connectivity index (χ3v) is 3.57. The van der Waals surface area contributed by atoms with Crippen LogP contribution in [0.3, 0.4) is 0 Å². The second-order valence-electron chi connectivity index (χ2n) is 3.62. The normalized spacial score (nSPS) is 12.7. The van der Waals surface area contributed by atoms with Crippen molar-refractivity contribution >= 4 is 28.8 Å². The topological polar surface area (TPSA) is 64.9 Å². The lowest BCUT2D eigenvalue weighted by atomic mass is 10.0. The Balaban J connectivity index is 2.45. The van der Waals surface area contributed by atoms with Gasteiger partial charge in [0, 0.05) is 11.8 Å². The number of nitrogens with two attached hydrogens (primary N) is 2. The number of pyridine rings is 1. The molecule has 4 N–H and O–H groups in total. The highest BCUT2D eigenvalue weighted by Crippen LogP contribution is 2.29. The predicted molar refractivity (Wildman–Crippen MR) is 68.7 cm³/mol. The van der Waals surface area contributed by atoms with E-state index >= 15 is 0 Å². The van der Waals surface area contributed by atoms with Gasteiger partial charge in [0.25, 0.3) is 0 Å². The Kier molecular flexibility index (Phi) is 3.14. The Labute approximate surface area is 103 Å². The van der Waals surface area contributed by atoms with Crippen LogP contribution >= 0.6 is 22.9 Å². The van der Waals surface area contributed by atoms with Gasteiger partial charge in [0.05, 0.1) is 11.1 Å². The van der Waals surface area contributed by atoms with Crippen molar-refractivity contribution in [1.82, 2.24) is 4.98 Å². The predicted octanol–water partition coefficient (Wildman–Crippen LogP) is 2.74. The van der Waals surface area contributed by atoms with Crippen LogP contribution < -0.4 is 11.5 Å². The summed E-state index contributed by atoms with van der Waals surface area (Å²) in [6.07, 6.45) is 1.52. The first-order valence-corrected chi connectivity index (χ1v) is 6.11. The third kappa shape index (κ3) is 2.04. The summed E-state index contributed by atoms with van der Waals surface area (Å²) in [7, 11) is 0. The van der Waals surface area contributed by atoms with Crippen molar-refractivity contribution in [3.05, 3.63) is 44.7 Å². The maximum Gasteiger partial charge on any atom is 0.128 e. The fraction of sp³-hybridized carbons (Fsp3) is 0.182. The van der Waals surface area contributed by atoms with E-state index in [4.69, 9.17) is 23.1 Å². The molecule has 84 valence electrons. The van der Waals surface area contributed by atoms with Crippen molar-refractivity contribution in [2.24, 2.45) is 5.73 Å². The second-order valence-corrected chi connectivity index (χ2v) is 4.80. The smallest absolute Gasteiger partial charge is 0.128 e. The molecule has 0 aliphatic rings. The zero-order valence-corrected chi connectivity index (χ0v) is 10.3. The number of halogens is 1. The van der Waals surface area contributed by atoms with Crippen molar-refractivity contribution in [2.75, 3.05) is 5.73 Å². The van der Waals surface area contributed by atoms with Gasteiger partial charge in [-0.2, -0.15) is 11.3 Å². The minimum Gasteiger partial charge on any atom is -0.383 e. The molecule has 2 heterocycles. The number of hydrogen-bond acceptors (Lipinski definition) is 4. The molecule has 0 amide bonds. The molecule has 2 aromatic rings. The van der Waals surface area contributed by atoms with Crippen LogP contribution in [-0.2, 0) is 0 Å². The minimum atomic E-state index is -0.266. The number of thiophene rings is 1. The Morgan fingerprint density at radius 1 is 1.38 bits per heavy atom. The monoisotopic (exact) mass is 253 g/mol. The van der Waals surface area contributed by atoms with Crippen LogP contribution in [0.1, 0.15) is 22.7 Å². The molecule has 0 radical (unpaired) electrons. The first kappa shape index (κ1) is 11.4. The minimum absolute atomic E-state index is 0.266. The van der Waals surface area contributed by atoms with Crippen LogP contribution in [-0.4, -0.2) is 4.98 Å². The maximum atomic E-state index is 6.16. The van der Waals surface area contributed by atoms with E-state index < -0.39 is 0 Å². The van der Waals surface area contributed by atoms with Crippen LogP contribution in [0.25, 0.3) is 0 Å². The van der Waals surface area contributed by atoms with Crippen LogP contribution in [0, 0.1) is 6.92 Å². The Morgan fingerprint density at radius 3 is 2.75 bits per heavy atom. The molecule has 0 fully saturated rings. The van der Waals surface area contributed by atoms with E-state index in [2.05, 4.69) is 10.4 Å². The molecule has 0 aliphatic carbocycles. The summed E-state index contributed by atoms with van der Waals surface area (Å²) in [5.74, 6) is 0.433. The average molecular weight is 254 g/mol. The lowest BCUT2D eigenvalue weighted by molar-refractivity contribution is 0.864. The van der Waals surface area contributed by atoms with Crippen LogP contribution in [0.2, 0.25) is 5.02 Å². The Bertz CT molecular complexity index is 510. The van der Waals surface area contributed by atoms with E-state index in [1.807, 2.05) is 12.3 Å². The van der Waals surface area contributed by atoms with Crippen molar-refractivity contribution in [1.29, 1.82) is 0 Å². The molecule has 0 aliphatic heterocycles. The van der Waals surface area contributed by atoms with Gasteiger partial charge in [0.1, 0.15) is 5.82 Å². The molecular formula is C11H12ClN3S. The Hall–Kier alpha value is -1.10. The van der Waals surface area contributed by atoms with Gasteiger partial charge >= 0.3 is 0 Å². The van der Waals surface area contributed by atoms with Gasteiger partial charge in [0.2, 0.25) is 0 Å². The molecule has 0 spiro atoms. The van der Waals surface area contributed by atoms with Gasteiger partial charge in [-0.3, -0.25) is 0 Å². The quantitative estimate of drug-likeness (QED) is 0.865. The SMILES string of the molecule is Cc1cscc1C(N)c1cc(Cl)cnc1N. The van der Waals surface area contributed by atoms with Crippen molar-refractivity contribution in [2.45, 2.75) is 13.0 Å². The highest BCUT2D eigenvalue weighted by Gasteiger charge is 2.15. The number of nitrogen functional groups attached to an aromatic ring is 1. The van der Waals surface area contributed by atoms with E-state index in [1.54, 1.807) is 17.4 Å². The molecule has 0 aromatic carbocycles. The zero-order valence-electron chi connectivity index (χ0n) is 8.77. The summed E-state index contributed by atoms with van der Waals surface area (Å²) < 4.78 is 0. The molecule has 0 bridgehead atoms. The van der Waals surface area contributed by atoms with Gasteiger partial charge in [0.15, 0.2) is 0 Å². The highest BCUT2D eigenvalue weighted by atomic mass is 35.5. The lowest BCUT2D eigenvalue weighted by Crippen LogP contribution is -2.14. The standard InChI is InChI=1S/C11H12ClN3S/c1-6-4-16-5-9(6)10(13)8-2-7(12)3-15-11(8)14/h2-5,10H,13H2,1H3,(H2,14,15). The van der Waals surface area contributed by atoms with Crippen LogP contribution in [0.4, 0.5) is 5.82 Å². The van der Waals surface area contributed by atoms with E-state index in [-0.39, 0.29) is 6.04 Å². The number of hydrogen-bond donors (Lipinski definition) is 2. The second kappa shape index (κ2) is 4.41. The van der Waals surface area contributed by atoms with Crippen molar-refractivity contribution in [3.8, 4) is 0 Å². The summed E-state index contributed by atoms with van der Waals surface area (Å²) in [5.41, 5.74) is 15.0. The summed E-state index contributed by atoms with van der Waals surface area (Å²) in [4.78, 5) is 4.01. The number of nitrogens with zero attached hydrogens (tertiary/aromatic N) is 1. The van der Waals surface area contributed by atoms with Gasteiger partial charge in [-0.1, -0.05) is 11.6 Å². The molecular weight excluding hydrogens is 242 g/mol. The molecule has 5 heteroatoms. The average Bonchev–Trinajstić information content (AvgIpc) is 2.67. The first-order chi connectivity index (χ1) is 7.59. The van der Waals surface area contributed by atoms with E-state index in [1.165, 1.54) is 6.20 Å². The van der Waals surface area contributed by atoms with Gasteiger partial charge in [-0.25, -0.2) is 4.98 Å². The van der Waals surface area contributed by atoms with E-state index in [9.17, 15) is 0 Å². The lowest BCUT2D eigenvalue weighted by Gasteiger charge is -2.14. The summed E-state index contributed by atoms with van der Waals surface area (Å²) in [6.45, 7) is 2.03. The largest absolute Gasteiger partial charge is 0.383 e. The molecule has 0 saturated carbocycles. The van der Waals surface area contributed by atoms with Gasteiger partial charge in [-0.05, 0) is 34.9 Å². The van der Waals surface area contributed by atoms with Crippen LogP contribution in [0.5, 0.6) is 0 Å². The zero-order chi connectivity index (χ0) is 11.7. The fourth-order valence-corrected chi connectivity index (χ4v) is 2.62. The van der Waals surface area contributed by atoms with E-state index in [0.717, 1.165) is 16.7 Å². The Morgan fingerprint density at radius 2 is 2.12 bits per heavy atom. The molecule has 2 aromatic heterocycles. The van der Waals surface area contributed by atoms with Crippen LogP contribution in [0.15, 0.2) is 23.0 Å². The van der Waals surface area contributed by atoms with Gasteiger partial charge < -0.3 is 11.5 Å². The summed E-state index contributed by atoms with van der Waals surface area (Å²) in [6, 6.07) is 1.50. The highest BCUT2D eigenvalue weighted by molar-refractivity contribution is 7.08. The fourth-order valence-electron chi connectivity index (χ4n) is 1.57. The number of aryl methyl sites for hydroxylation is 1. The number of aromatic nitrogens is 1. The summed E-state index contributed by atoms with van der Waals surface area (Å²) in [5, 5.41) is 4.64. The molecule has 0 saturated heterocycles. The van der Waals surface area contributed by atoms with Crippen molar-refractivity contribution in [3.63, 3.8) is 0 Å². The molecule has 2 rings (SSSR count). The number of anilines is 1. The molecule has 16 heavy (non-hydrogen) atoms. The molecule has 1 unspecified atom stereocenters. The van der Waals surface area contributed by atoms with Crippen molar-refractivity contribution < 1.29 is 0 Å². The molecule has 3 nitrogen and oxygen atoms in total. The first-order valence-electron chi connectivity index (χ1n) is 4.78.